The van der Waals surface area contributed by atoms with E-state index in [9.17, 15) is 13.2 Å². The van der Waals surface area contributed by atoms with Crippen molar-refractivity contribution in [3.05, 3.63) is 59.2 Å². The minimum atomic E-state index is -4.47. The van der Waals surface area contributed by atoms with Gasteiger partial charge in [0.15, 0.2) is 0 Å². The fourth-order valence-electron chi connectivity index (χ4n) is 1.78. The number of nitrogens with zero attached hydrogens (tertiary/aromatic N) is 1. The van der Waals surface area contributed by atoms with E-state index >= 15 is 0 Å². The molecular weight excluding hydrogens is 281 g/mol. The second-order valence-corrected chi connectivity index (χ2v) is 4.39. The van der Waals surface area contributed by atoms with Crippen molar-refractivity contribution in [1.82, 2.24) is 0 Å². The highest BCUT2D eigenvalue weighted by molar-refractivity contribution is 5.59. The minimum Gasteiger partial charge on any atom is -0.508 e. The molecule has 0 aliphatic heterocycles. The van der Waals surface area contributed by atoms with Gasteiger partial charge in [0, 0.05) is 6.54 Å². The Morgan fingerprint density at radius 1 is 1.10 bits per heavy atom. The molecule has 3 nitrogen and oxygen atoms in total. The lowest BCUT2D eigenvalue weighted by atomic mass is 10.1. The summed E-state index contributed by atoms with van der Waals surface area (Å²) in [5.41, 5.74) is 0.244. The third-order valence-electron chi connectivity index (χ3n) is 2.89. The zero-order valence-corrected chi connectivity index (χ0v) is 10.8. The van der Waals surface area contributed by atoms with Crippen LogP contribution in [0.4, 0.5) is 18.9 Å². The van der Waals surface area contributed by atoms with E-state index in [1.165, 1.54) is 18.2 Å². The molecule has 6 heteroatoms. The van der Waals surface area contributed by atoms with Crippen molar-refractivity contribution in [3.63, 3.8) is 0 Å². The molecule has 0 radical (unpaired) electrons. The average molecular weight is 292 g/mol. The summed E-state index contributed by atoms with van der Waals surface area (Å²) in [4.78, 5) is 0. The smallest absolute Gasteiger partial charge is 0.416 e. The molecule has 0 atom stereocenters. The molecule has 2 rings (SSSR count). The zero-order chi connectivity index (χ0) is 15.5. The Morgan fingerprint density at radius 3 is 2.33 bits per heavy atom. The van der Waals surface area contributed by atoms with Crippen LogP contribution in [-0.2, 0) is 12.7 Å². The van der Waals surface area contributed by atoms with Crippen LogP contribution in [0.25, 0.3) is 0 Å². The quantitative estimate of drug-likeness (QED) is 0.902. The lowest BCUT2D eigenvalue weighted by Crippen LogP contribution is -2.07. The highest BCUT2D eigenvalue weighted by Gasteiger charge is 2.31. The van der Waals surface area contributed by atoms with Crippen molar-refractivity contribution in [3.8, 4) is 11.8 Å². The normalized spacial score (nSPS) is 11.0. The number of nitrogens with one attached hydrogen (secondary N) is 1. The highest BCUT2D eigenvalue weighted by atomic mass is 19.4. The van der Waals surface area contributed by atoms with Crippen LogP contribution in [0.15, 0.2) is 42.5 Å². The average Bonchev–Trinajstić information content (AvgIpc) is 2.45. The van der Waals surface area contributed by atoms with Gasteiger partial charge in [0.25, 0.3) is 0 Å². The zero-order valence-electron chi connectivity index (χ0n) is 10.8. The van der Waals surface area contributed by atoms with Gasteiger partial charge in [-0.15, -0.1) is 0 Å². The van der Waals surface area contributed by atoms with E-state index < -0.39 is 11.7 Å². The Labute approximate surface area is 119 Å². The summed E-state index contributed by atoms with van der Waals surface area (Å²) in [6.45, 7) is 0.334. The number of phenols is 1. The molecule has 0 saturated carbocycles. The van der Waals surface area contributed by atoms with Crippen molar-refractivity contribution in [2.75, 3.05) is 5.32 Å². The van der Waals surface area contributed by atoms with Crippen LogP contribution in [-0.4, -0.2) is 5.11 Å². The van der Waals surface area contributed by atoms with E-state index in [1.807, 2.05) is 0 Å². The van der Waals surface area contributed by atoms with Crippen molar-refractivity contribution in [1.29, 1.82) is 5.26 Å². The predicted octanol–water partition coefficient (Wildman–Crippen LogP) is 3.89. The van der Waals surface area contributed by atoms with Crippen LogP contribution in [0, 0.1) is 11.3 Å². The maximum absolute atomic E-state index is 12.6. The SMILES string of the molecule is N#Cc1cc(C(F)(F)F)ccc1NCc1ccc(O)cc1. The van der Waals surface area contributed by atoms with Crippen LogP contribution in [0.5, 0.6) is 5.75 Å². The first-order valence-corrected chi connectivity index (χ1v) is 6.03. The first kappa shape index (κ1) is 14.7. The number of aromatic hydroxyl groups is 1. The van der Waals surface area contributed by atoms with Gasteiger partial charge in [0.1, 0.15) is 11.8 Å². The van der Waals surface area contributed by atoms with Gasteiger partial charge in [-0.3, -0.25) is 0 Å². The fraction of sp³-hybridized carbons (Fsp3) is 0.133. The first-order chi connectivity index (χ1) is 9.90. The first-order valence-electron chi connectivity index (χ1n) is 6.03. The maximum atomic E-state index is 12.6. The minimum absolute atomic E-state index is 0.0661. The van der Waals surface area contributed by atoms with Gasteiger partial charge < -0.3 is 10.4 Å². The monoisotopic (exact) mass is 292 g/mol. The van der Waals surface area contributed by atoms with E-state index in [2.05, 4.69) is 5.32 Å². The molecule has 0 unspecified atom stereocenters. The van der Waals surface area contributed by atoms with Gasteiger partial charge in [0.2, 0.25) is 0 Å². The summed E-state index contributed by atoms with van der Waals surface area (Å²) in [5.74, 6) is 0.131. The standard InChI is InChI=1S/C15H11F3N2O/c16-15(17,18)12-3-6-14(11(7-12)8-19)20-9-10-1-4-13(21)5-2-10/h1-7,20-21H,9H2. The van der Waals surface area contributed by atoms with Gasteiger partial charge in [-0.25, -0.2) is 0 Å². The highest BCUT2D eigenvalue weighted by Crippen LogP contribution is 2.31. The maximum Gasteiger partial charge on any atom is 0.416 e. The van der Waals surface area contributed by atoms with E-state index in [4.69, 9.17) is 10.4 Å². The van der Waals surface area contributed by atoms with Crippen molar-refractivity contribution >= 4 is 5.69 Å². The Kier molecular flexibility index (Phi) is 4.03. The van der Waals surface area contributed by atoms with Gasteiger partial charge in [0.05, 0.1) is 16.8 Å². The summed E-state index contributed by atoms with van der Waals surface area (Å²) in [5, 5.41) is 21.0. The molecule has 108 valence electrons. The molecule has 2 N–H and O–H groups in total. The topological polar surface area (TPSA) is 56.0 Å². The Bertz CT molecular complexity index is 673. The Morgan fingerprint density at radius 2 is 1.76 bits per heavy atom. The molecule has 0 amide bonds. The number of hydrogen-bond donors (Lipinski definition) is 2. The fourth-order valence-corrected chi connectivity index (χ4v) is 1.78. The number of nitriles is 1. The summed E-state index contributed by atoms with van der Waals surface area (Å²) in [6, 6.07) is 11.1. The molecule has 0 saturated heterocycles. The molecule has 0 aromatic heterocycles. The number of phenolic OH excluding ortho intramolecular Hbond substituents is 1. The molecular formula is C15H11F3N2O. The van der Waals surface area contributed by atoms with E-state index in [0.29, 0.717) is 12.2 Å². The summed E-state index contributed by atoms with van der Waals surface area (Å²) in [6.07, 6.45) is -4.47. The third-order valence-corrected chi connectivity index (χ3v) is 2.89. The number of benzene rings is 2. The molecule has 2 aromatic carbocycles. The number of halogens is 3. The Hall–Kier alpha value is -2.68. The summed E-state index contributed by atoms with van der Waals surface area (Å²) >= 11 is 0. The van der Waals surface area contributed by atoms with Crippen LogP contribution in [0.2, 0.25) is 0 Å². The van der Waals surface area contributed by atoms with Crippen LogP contribution in [0.3, 0.4) is 0 Å². The van der Waals surface area contributed by atoms with Gasteiger partial charge >= 0.3 is 6.18 Å². The molecule has 0 aliphatic carbocycles. The van der Waals surface area contributed by atoms with E-state index in [0.717, 1.165) is 17.7 Å². The van der Waals surface area contributed by atoms with E-state index in [-0.39, 0.29) is 11.3 Å². The molecule has 0 fully saturated rings. The van der Waals surface area contributed by atoms with Gasteiger partial charge in [-0.05, 0) is 35.9 Å². The molecule has 2 aromatic rings. The van der Waals surface area contributed by atoms with Crippen molar-refractivity contribution < 1.29 is 18.3 Å². The summed E-state index contributed by atoms with van der Waals surface area (Å²) < 4.78 is 37.7. The van der Waals surface area contributed by atoms with Crippen LogP contribution >= 0.6 is 0 Å². The van der Waals surface area contributed by atoms with Crippen molar-refractivity contribution in [2.45, 2.75) is 12.7 Å². The van der Waals surface area contributed by atoms with Crippen LogP contribution < -0.4 is 5.32 Å². The number of hydrogen-bond acceptors (Lipinski definition) is 3. The number of anilines is 1. The second-order valence-electron chi connectivity index (χ2n) is 4.39. The van der Waals surface area contributed by atoms with Crippen LogP contribution in [0.1, 0.15) is 16.7 Å². The lowest BCUT2D eigenvalue weighted by Gasteiger charge is -2.11. The largest absolute Gasteiger partial charge is 0.508 e. The predicted molar refractivity (Wildman–Crippen MR) is 71.6 cm³/mol. The van der Waals surface area contributed by atoms with E-state index in [1.54, 1.807) is 18.2 Å². The molecule has 0 spiro atoms. The van der Waals surface area contributed by atoms with Gasteiger partial charge in [-0.1, -0.05) is 12.1 Å². The third kappa shape index (κ3) is 3.66. The molecule has 0 aliphatic rings. The van der Waals surface area contributed by atoms with Gasteiger partial charge in [-0.2, -0.15) is 18.4 Å². The Balaban J connectivity index is 2.17. The number of rotatable bonds is 3. The molecule has 21 heavy (non-hydrogen) atoms. The lowest BCUT2D eigenvalue weighted by molar-refractivity contribution is -0.137. The molecule has 0 heterocycles. The summed E-state index contributed by atoms with van der Waals surface area (Å²) in [7, 11) is 0. The molecule has 0 bridgehead atoms. The van der Waals surface area contributed by atoms with Crippen molar-refractivity contribution in [2.24, 2.45) is 0 Å². The second kappa shape index (κ2) is 5.75. The number of alkyl halides is 3.